The van der Waals surface area contributed by atoms with Crippen molar-refractivity contribution in [1.82, 2.24) is 20.4 Å². The first-order chi connectivity index (χ1) is 7.77. The Morgan fingerprint density at radius 2 is 2.25 bits per heavy atom. The lowest BCUT2D eigenvalue weighted by molar-refractivity contribution is 0.611. The number of nitrogens with one attached hydrogen (secondary N) is 2. The van der Waals surface area contributed by atoms with Gasteiger partial charge in [0.2, 0.25) is 0 Å². The number of aromatic nitrogens is 2. The van der Waals surface area contributed by atoms with Gasteiger partial charge in [-0.05, 0) is 31.6 Å². The molecule has 90 valence electrons. The van der Waals surface area contributed by atoms with Crippen LogP contribution in [0.1, 0.15) is 32.4 Å². The summed E-state index contributed by atoms with van der Waals surface area (Å²) in [6.45, 7) is 6.80. The van der Waals surface area contributed by atoms with Crippen LogP contribution < -0.4 is 10.6 Å². The lowest BCUT2D eigenvalue weighted by atomic mass is 10.3. The quantitative estimate of drug-likeness (QED) is 0.586. The van der Waals surface area contributed by atoms with Gasteiger partial charge in [0.25, 0.3) is 0 Å². The van der Waals surface area contributed by atoms with Crippen molar-refractivity contribution in [2.75, 3.05) is 6.54 Å². The molecular formula is C11H20N4S. The van der Waals surface area contributed by atoms with Gasteiger partial charge in [-0.2, -0.15) is 5.10 Å². The van der Waals surface area contributed by atoms with Crippen LogP contribution in [0.25, 0.3) is 0 Å². The fraction of sp³-hybridized carbons (Fsp3) is 0.636. The van der Waals surface area contributed by atoms with E-state index in [4.69, 9.17) is 12.2 Å². The van der Waals surface area contributed by atoms with Crippen molar-refractivity contribution in [1.29, 1.82) is 0 Å². The van der Waals surface area contributed by atoms with Gasteiger partial charge in [-0.1, -0.05) is 13.3 Å². The van der Waals surface area contributed by atoms with E-state index < -0.39 is 0 Å². The van der Waals surface area contributed by atoms with Gasteiger partial charge in [-0.25, -0.2) is 0 Å². The molecule has 0 amide bonds. The fourth-order valence-corrected chi connectivity index (χ4v) is 1.58. The molecule has 16 heavy (non-hydrogen) atoms. The van der Waals surface area contributed by atoms with Crippen LogP contribution in [0.2, 0.25) is 0 Å². The van der Waals surface area contributed by atoms with E-state index in [2.05, 4.69) is 29.6 Å². The van der Waals surface area contributed by atoms with E-state index in [9.17, 15) is 0 Å². The van der Waals surface area contributed by atoms with Gasteiger partial charge in [0, 0.05) is 19.3 Å². The van der Waals surface area contributed by atoms with Crippen molar-refractivity contribution >= 4 is 17.3 Å². The summed E-state index contributed by atoms with van der Waals surface area (Å²) in [4.78, 5) is 0. The molecule has 0 aromatic carbocycles. The summed E-state index contributed by atoms with van der Waals surface area (Å²) in [5.74, 6) is 0. The van der Waals surface area contributed by atoms with E-state index in [1.807, 2.05) is 16.9 Å². The maximum absolute atomic E-state index is 5.17. The van der Waals surface area contributed by atoms with Crippen molar-refractivity contribution in [3.05, 3.63) is 18.0 Å². The molecule has 1 aromatic rings. The molecule has 4 nitrogen and oxygen atoms in total. The Kier molecular flexibility index (Phi) is 5.85. The molecule has 0 atom stereocenters. The monoisotopic (exact) mass is 240 g/mol. The predicted octanol–water partition coefficient (Wildman–Crippen LogP) is 1.67. The van der Waals surface area contributed by atoms with E-state index in [0.717, 1.165) is 36.9 Å². The first kappa shape index (κ1) is 13.0. The number of aryl methyl sites for hydroxylation is 1. The number of rotatable bonds is 6. The molecule has 0 fully saturated rings. The van der Waals surface area contributed by atoms with Crippen LogP contribution in [-0.2, 0) is 13.1 Å². The Morgan fingerprint density at radius 3 is 2.94 bits per heavy atom. The fourth-order valence-electron chi connectivity index (χ4n) is 1.41. The van der Waals surface area contributed by atoms with Gasteiger partial charge in [0.15, 0.2) is 5.11 Å². The van der Waals surface area contributed by atoms with Crippen LogP contribution >= 0.6 is 12.2 Å². The zero-order valence-electron chi connectivity index (χ0n) is 9.99. The van der Waals surface area contributed by atoms with Gasteiger partial charge >= 0.3 is 0 Å². The summed E-state index contributed by atoms with van der Waals surface area (Å²) in [5, 5.41) is 11.3. The zero-order valence-corrected chi connectivity index (χ0v) is 10.8. The third kappa shape index (κ3) is 4.18. The molecule has 0 saturated carbocycles. The second-order valence-electron chi connectivity index (χ2n) is 3.60. The molecule has 0 radical (unpaired) electrons. The molecule has 0 aliphatic rings. The highest BCUT2D eigenvalue weighted by Gasteiger charge is 2.00. The number of unbranched alkanes of at least 4 members (excludes halogenated alkanes) is 1. The molecule has 1 aromatic heterocycles. The van der Waals surface area contributed by atoms with E-state index in [0.29, 0.717) is 0 Å². The maximum atomic E-state index is 5.17. The van der Waals surface area contributed by atoms with E-state index in [1.165, 1.54) is 6.42 Å². The topological polar surface area (TPSA) is 41.9 Å². The summed E-state index contributed by atoms with van der Waals surface area (Å²) in [7, 11) is 0. The molecule has 0 aliphatic carbocycles. The minimum Gasteiger partial charge on any atom is -0.363 e. The molecule has 2 N–H and O–H groups in total. The van der Waals surface area contributed by atoms with Gasteiger partial charge < -0.3 is 10.6 Å². The van der Waals surface area contributed by atoms with Crippen molar-refractivity contribution < 1.29 is 0 Å². The van der Waals surface area contributed by atoms with Gasteiger partial charge in [-0.3, -0.25) is 4.68 Å². The maximum Gasteiger partial charge on any atom is 0.166 e. The molecule has 0 aliphatic heterocycles. The Bertz CT molecular complexity index is 322. The van der Waals surface area contributed by atoms with Crippen LogP contribution in [0.5, 0.6) is 0 Å². The lowest BCUT2D eigenvalue weighted by Crippen LogP contribution is -2.35. The summed E-state index contributed by atoms with van der Waals surface area (Å²) >= 11 is 5.17. The van der Waals surface area contributed by atoms with Gasteiger partial charge in [-0.15, -0.1) is 0 Å². The van der Waals surface area contributed by atoms with E-state index in [1.54, 1.807) is 0 Å². The molecule has 0 saturated heterocycles. The second kappa shape index (κ2) is 7.22. The minimum atomic E-state index is 0.720. The average Bonchev–Trinajstić information content (AvgIpc) is 2.74. The zero-order chi connectivity index (χ0) is 11.8. The highest BCUT2D eigenvalue weighted by Crippen LogP contribution is 1.97. The Labute approximate surface area is 102 Å². The van der Waals surface area contributed by atoms with Crippen LogP contribution in [0.15, 0.2) is 12.3 Å². The molecule has 0 unspecified atom stereocenters. The largest absolute Gasteiger partial charge is 0.363 e. The number of hydrogen-bond acceptors (Lipinski definition) is 2. The molecule has 0 spiro atoms. The van der Waals surface area contributed by atoms with Crippen LogP contribution in [0, 0.1) is 0 Å². The summed E-state index contributed by atoms with van der Waals surface area (Å²) in [5.41, 5.74) is 1.15. The standard InChI is InChI=1S/C11H20N4S/c1-3-5-7-12-11(16)13-9-10-6-8-14-15(10)4-2/h6,8H,3-5,7,9H2,1-2H3,(H2,12,13,16). The Balaban J connectivity index is 2.26. The second-order valence-corrected chi connectivity index (χ2v) is 4.01. The van der Waals surface area contributed by atoms with Crippen LogP contribution in [0.4, 0.5) is 0 Å². The highest BCUT2D eigenvalue weighted by molar-refractivity contribution is 7.80. The van der Waals surface area contributed by atoms with Crippen molar-refractivity contribution in [2.24, 2.45) is 0 Å². The minimum absolute atomic E-state index is 0.720. The number of thiocarbonyl (C=S) groups is 1. The third-order valence-electron chi connectivity index (χ3n) is 2.35. The lowest BCUT2D eigenvalue weighted by Gasteiger charge is -2.10. The van der Waals surface area contributed by atoms with Crippen LogP contribution in [-0.4, -0.2) is 21.4 Å². The third-order valence-corrected chi connectivity index (χ3v) is 2.64. The first-order valence-electron chi connectivity index (χ1n) is 5.80. The van der Waals surface area contributed by atoms with Crippen LogP contribution in [0.3, 0.4) is 0 Å². The molecule has 0 bridgehead atoms. The number of nitrogens with zero attached hydrogens (tertiary/aromatic N) is 2. The smallest absolute Gasteiger partial charge is 0.166 e. The van der Waals surface area contributed by atoms with E-state index >= 15 is 0 Å². The predicted molar refractivity (Wildman–Crippen MR) is 70.2 cm³/mol. The van der Waals surface area contributed by atoms with Crippen molar-refractivity contribution in [3.63, 3.8) is 0 Å². The average molecular weight is 240 g/mol. The van der Waals surface area contributed by atoms with Crippen molar-refractivity contribution in [3.8, 4) is 0 Å². The molecule has 1 heterocycles. The van der Waals surface area contributed by atoms with Gasteiger partial charge in [0.05, 0.1) is 12.2 Å². The Morgan fingerprint density at radius 1 is 1.44 bits per heavy atom. The summed E-state index contributed by atoms with van der Waals surface area (Å²) in [6.07, 6.45) is 4.14. The summed E-state index contributed by atoms with van der Waals surface area (Å²) in [6, 6.07) is 2.01. The highest BCUT2D eigenvalue weighted by atomic mass is 32.1. The summed E-state index contributed by atoms with van der Waals surface area (Å²) < 4.78 is 1.96. The molecule has 1 rings (SSSR count). The normalized spacial score (nSPS) is 10.1. The van der Waals surface area contributed by atoms with E-state index in [-0.39, 0.29) is 0 Å². The van der Waals surface area contributed by atoms with Gasteiger partial charge in [0.1, 0.15) is 0 Å². The Hall–Kier alpha value is -1.10. The molecule has 5 heteroatoms. The first-order valence-corrected chi connectivity index (χ1v) is 6.21. The van der Waals surface area contributed by atoms with Crippen molar-refractivity contribution in [2.45, 2.75) is 39.8 Å². The molecular weight excluding hydrogens is 220 g/mol. The number of hydrogen-bond donors (Lipinski definition) is 2. The SMILES string of the molecule is CCCCNC(=S)NCc1ccnn1CC.